The van der Waals surface area contributed by atoms with Crippen LogP contribution in [0.5, 0.6) is 0 Å². The van der Waals surface area contributed by atoms with Gasteiger partial charge in [0, 0.05) is 12.5 Å². The van der Waals surface area contributed by atoms with E-state index < -0.39 is 12.3 Å². The first-order chi connectivity index (χ1) is 11.1. The van der Waals surface area contributed by atoms with Gasteiger partial charge >= 0.3 is 6.16 Å². The molecule has 2 rings (SSSR count). The summed E-state index contributed by atoms with van der Waals surface area (Å²) in [7, 11) is 1.44. The molecule has 0 radical (unpaired) electrons. The van der Waals surface area contributed by atoms with Crippen LogP contribution < -0.4 is 0 Å². The number of aliphatic hydroxyl groups is 2. The molecule has 1 saturated carbocycles. The number of carbonyl (C=O) groups is 2. The van der Waals surface area contributed by atoms with Crippen LogP contribution in [0.2, 0.25) is 0 Å². The molecule has 0 aromatic heterocycles. The topological polar surface area (TPSA) is 121 Å². The number of hydrogen-bond donors (Lipinski definition) is 2. The Hall–Kier alpha value is -1.42. The molecule has 9 nitrogen and oxygen atoms in total. The van der Waals surface area contributed by atoms with Gasteiger partial charge in [-0.3, -0.25) is 4.79 Å². The van der Waals surface area contributed by atoms with Crippen molar-refractivity contribution in [3.05, 3.63) is 0 Å². The van der Waals surface area contributed by atoms with Crippen molar-refractivity contribution in [3.63, 3.8) is 0 Å². The van der Waals surface area contributed by atoms with Gasteiger partial charge in [0.1, 0.15) is 19.3 Å². The third kappa shape index (κ3) is 7.60. The molecule has 2 fully saturated rings. The summed E-state index contributed by atoms with van der Waals surface area (Å²) in [5, 5.41) is 17.4. The molecule has 1 heterocycles. The van der Waals surface area contributed by atoms with Crippen LogP contribution in [0.4, 0.5) is 4.79 Å². The lowest BCUT2D eigenvalue weighted by Gasteiger charge is -2.13. The van der Waals surface area contributed by atoms with E-state index in [1.165, 1.54) is 7.11 Å². The molecule has 0 aromatic carbocycles. The predicted octanol–water partition coefficient (Wildman–Crippen LogP) is -0.522. The van der Waals surface area contributed by atoms with Crippen molar-refractivity contribution in [2.75, 3.05) is 46.8 Å². The van der Waals surface area contributed by atoms with Crippen LogP contribution in [0.25, 0.3) is 0 Å². The molecule has 0 amide bonds. The van der Waals surface area contributed by atoms with Crippen molar-refractivity contribution < 1.29 is 43.5 Å². The zero-order valence-corrected chi connectivity index (χ0v) is 13.1. The second-order valence-corrected chi connectivity index (χ2v) is 5.44. The van der Waals surface area contributed by atoms with Gasteiger partial charge in [-0.15, -0.1) is 0 Å². The van der Waals surface area contributed by atoms with Gasteiger partial charge in [0.05, 0.1) is 26.4 Å². The van der Waals surface area contributed by atoms with Crippen LogP contribution in [0.15, 0.2) is 0 Å². The van der Waals surface area contributed by atoms with Crippen LogP contribution in [-0.2, 0) is 28.5 Å². The maximum Gasteiger partial charge on any atom is 0.508 e. The van der Waals surface area contributed by atoms with E-state index in [1.807, 2.05) is 0 Å². The fourth-order valence-corrected chi connectivity index (χ4v) is 1.72. The lowest BCUT2D eigenvalue weighted by atomic mass is 10.1. The van der Waals surface area contributed by atoms with Gasteiger partial charge in [-0.05, 0) is 12.8 Å². The molecule has 2 aliphatic rings. The summed E-state index contributed by atoms with van der Waals surface area (Å²) in [5.41, 5.74) is -0.0104. The van der Waals surface area contributed by atoms with Gasteiger partial charge in [0.2, 0.25) is 0 Å². The summed E-state index contributed by atoms with van der Waals surface area (Å²) in [6, 6.07) is 0. The fraction of sp³-hybridized carbons (Fsp3) is 0.857. The van der Waals surface area contributed by atoms with Gasteiger partial charge in [-0.1, -0.05) is 0 Å². The molecule has 1 aliphatic heterocycles. The molecule has 0 bridgehead atoms. The molecule has 9 heteroatoms. The minimum absolute atomic E-state index is 0.0104. The predicted molar refractivity (Wildman–Crippen MR) is 75.7 cm³/mol. The lowest BCUT2D eigenvalue weighted by Crippen LogP contribution is -2.22. The molecule has 0 spiro atoms. The number of aliphatic hydroxyl groups excluding tert-OH is 2. The van der Waals surface area contributed by atoms with Crippen molar-refractivity contribution in [2.24, 2.45) is 5.41 Å². The Bertz CT molecular complexity index is 352. The molecule has 2 unspecified atom stereocenters. The Morgan fingerprint density at radius 3 is 2.61 bits per heavy atom. The minimum atomic E-state index is -0.623. The van der Waals surface area contributed by atoms with E-state index in [4.69, 9.17) is 19.7 Å². The van der Waals surface area contributed by atoms with Gasteiger partial charge in [0.25, 0.3) is 6.47 Å². The van der Waals surface area contributed by atoms with Crippen molar-refractivity contribution in [3.8, 4) is 0 Å². The van der Waals surface area contributed by atoms with E-state index in [2.05, 4.69) is 14.2 Å². The molecule has 23 heavy (non-hydrogen) atoms. The summed E-state index contributed by atoms with van der Waals surface area (Å²) < 4.78 is 23.7. The van der Waals surface area contributed by atoms with Gasteiger partial charge in [-0.2, -0.15) is 0 Å². The maximum atomic E-state index is 10.5. The highest BCUT2D eigenvalue weighted by Crippen LogP contribution is 2.45. The quantitative estimate of drug-likeness (QED) is 0.401. The van der Waals surface area contributed by atoms with Crippen molar-refractivity contribution in [1.82, 2.24) is 0 Å². The summed E-state index contributed by atoms with van der Waals surface area (Å²) in [6.07, 6.45) is 0.739. The van der Waals surface area contributed by atoms with E-state index >= 15 is 0 Å². The molecule has 2 N–H and O–H groups in total. The second kappa shape index (κ2) is 10.4. The highest BCUT2D eigenvalue weighted by Gasteiger charge is 2.42. The number of hydrogen-bond acceptors (Lipinski definition) is 9. The lowest BCUT2D eigenvalue weighted by molar-refractivity contribution is -0.133. The van der Waals surface area contributed by atoms with E-state index in [1.54, 1.807) is 0 Å². The number of methoxy groups -OCH3 is 1. The first-order valence-electron chi connectivity index (χ1n) is 7.30. The Morgan fingerprint density at radius 1 is 1.43 bits per heavy atom. The molecule has 1 saturated heterocycles. The Labute approximate surface area is 134 Å². The standard InChI is InChI=1S/C9H14O5.C5H10O4/c10-5-9(1-2-9)6-12-3-7-4-13-8(11)14-7;1-8-5(2-6)3-9-4-7/h7,10H,1-6H2;4-6H,2-3H2,1H3. The Morgan fingerprint density at radius 2 is 2.17 bits per heavy atom. The van der Waals surface area contributed by atoms with E-state index in [0.29, 0.717) is 19.7 Å². The van der Waals surface area contributed by atoms with Crippen LogP contribution >= 0.6 is 0 Å². The van der Waals surface area contributed by atoms with Crippen molar-refractivity contribution >= 4 is 12.6 Å². The van der Waals surface area contributed by atoms with Crippen LogP contribution in [0, 0.1) is 5.41 Å². The molecule has 1 aliphatic carbocycles. The zero-order chi connectivity index (χ0) is 17.1. The van der Waals surface area contributed by atoms with E-state index in [0.717, 1.165) is 12.8 Å². The molecule has 134 valence electrons. The molecule has 2 atom stereocenters. The van der Waals surface area contributed by atoms with Gasteiger partial charge < -0.3 is 33.9 Å². The summed E-state index contributed by atoms with van der Waals surface area (Å²) >= 11 is 0. The monoisotopic (exact) mass is 336 g/mol. The number of rotatable bonds is 10. The van der Waals surface area contributed by atoms with E-state index in [9.17, 15) is 9.59 Å². The summed E-state index contributed by atoms with van der Waals surface area (Å²) in [5.74, 6) is 0. The highest BCUT2D eigenvalue weighted by atomic mass is 16.8. The molecular weight excluding hydrogens is 312 g/mol. The summed E-state index contributed by atoms with van der Waals surface area (Å²) in [4.78, 5) is 20.1. The third-order valence-electron chi connectivity index (χ3n) is 3.54. The van der Waals surface area contributed by atoms with Gasteiger partial charge in [-0.25, -0.2) is 4.79 Å². The van der Waals surface area contributed by atoms with Crippen LogP contribution in [-0.4, -0.2) is 81.8 Å². The SMILES string of the molecule is COC(CO)COC=O.O=C1OCC(COCC2(CO)CC2)O1. The highest BCUT2D eigenvalue weighted by molar-refractivity contribution is 5.61. The minimum Gasteiger partial charge on any atom is -0.465 e. The Balaban J connectivity index is 0.000000257. The zero-order valence-electron chi connectivity index (χ0n) is 13.1. The fourth-order valence-electron chi connectivity index (χ4n) is 1.72. The largest absolute Gasteiger partial charge is 0.508 e. The van der Waals surface area contributed by atoms with Gasteiger partial charge in [0.15, 0.2) is 6.10 Å². The van der Waals surface area contributed by atoms with Crippen LogP contribution in [0.3, 0.4) is 0 Å². The van der Waals surface area contributed by atoms with E-state index in [-0.39, 0.29) is 37.9 Å². The number of ether oxygens (including phenoxy) is 5. The maximum absolute atomic E-state index is 10.5. The normalized spacial score (nSPS) is 22.2. The van der Waals surface area contributed by atoms with Crippen molar-refractivity contribution in [2.45, 2.75) is 25.0 Å². The average Bonchev–Trinajstić information content (AvgIpc) is 3.23. The number of cyclic esters (lactones) is 2. The third-order valence-corrected chi connectivity index (χ3v) is 3.54. The number of carbonyl (C=O) groups excluding carboxylic acids is 2. The van der Waals surface area contributed by atoms with Crippen molar-refractivity contribution in [1.29, 1.82) is 0 Å². The average molecular weight is 336 g/mol. The first kappa shape index (κ1) is 19.6. The molecular formula is C14H24O9. The van der Waals surface area contributed by atoms with Crippen LogP contribution in [0.1, 0.15) is 12.8 Å². The second-order valence-electron chi connectivity index (χ2n) is 5.44. The smallest absolute Gasteiger partial charge is 0.465 e. The first-order valence-corrected chi connectivity index (χ1v) is 7.30. The summed E-state index contributed by atoms with van der Waals surface area (Å²) in [6.45, 7) is 1.63. The Kier molecular flexibility index (Phi) is 8.85. The molecule has 0 aromatic rings.